The van der Waals surface area contributed by atoms with E-state index in [9.17, 15) is 4.79 Å². The Kier molecular flexibility index (Phi) is 5.91. The molecule has 0 bridgehead atoms. The average Bonchev–Trinajstić information content (AvgIpc) is 3.56. The van der Waals surface area contributed by atoms with Crippen LogP contribution in [-0.2, 0) is 6.54 Å². The number of fused-ring (bicyclic) bond motifs is 1. The highest BCUT2D eigenvalue weighted by Gasteiger charge is 2.21. The van der Waals surface area contributed by atoms with Gasteiger partial charge in [-0.2, -0.15) is 10.2 Å². The van der Waals surface area contributed by atoms with E-state index in [1.165, 1.54) is 19.3 Å². The van der Waals surface area contributed by atoms with Crippen molar-refractivity contribution in [3.05, 3.63) is 35.7 Å². The molecule has 10 heteroatoms. The minimum Gasteiger partial charge on any atom is -0.366 e. The number of hydrogen-bond acceptors (Lipinski definition) is 6. The Hall–Kier alpha value is -3.53. The lowest BCUT2D eigenvalue weighted by Crippen LogP contribution is -2.34. The SMILES string of the molecule is CCn1nc(C)cc1-c1nnc(-c2cc(C(N)=O)cc3c2cnn3C(C)CN2CCCCC2)[nH]1. The number of piperidine rings is 1. The zero-order valence-corrected chi connectivity index (χ0v) is 20.0. The Bertz CT molecular complexity index is 1330. The molecule has 3 aromatic heterocycles. The van der Waals surface area contributed by atoms with Gasteiger partial charge in [-0.05, 0) is 64.9 Å². The van der Waals surface area contributed by atoms with Crippen molar-refractivity contribution in [2.75, 3.05) is 19.6 Å². The predicted molar refractivity (Wildman–Crippen MR) is 130 cm³/mol. The number of aromatic nitrogens is 7. The van der Waals surface area contributed by atoms with E-state index in [1.807, 2.05) is 41.5 Å². The molecule has 0 radical (unpaired) electrons. The van der Waals surface area contributed by atoms with E-state index in [0.29, 0.717) is 17.2 Å². The second kappa shape index (κ2) is 9.02. The number of nitrogens with zero attached hydrogens (tertiary/aromatic N) is 7. The molecule has 34 heavy (non-hydrogen) atoms. The quantitative estimate of drug-likeness (QED) is 0.436. The largest absolute Gasteiger partial charge is 0.366 e. The molecule has 1 amide bonds. The van der Waals surface area contributed by atoms with Crippen LogP contribution >= 0.6 is 0 Å². The zero-order chi connectivity index (χ0) is 23.8. The molecule has 1 aromatic carbocycles. The lowest BCUT2D eigenvalue weighted by Gasteiger charge is -2.29. The first-order chi connectivity index (χ1) is 16.4. The van der Waals surface area contributed by atoms with Crippen LogP contribution in [0.4, 0.5) is 0 Å². The van der Waals surface area contributed by atoms with E-state index >= 15 is 0 Å². The number of amides is 1. The van der Waals surface area contributed by atoms with E-state index in [2.05, 4.69) is 32.1 Å². The monoisotopic (exact) mass is 461 g/mol. The van der Waals surface area contributed by atoms with Crippen molar-refractivity contribution >= 4 is 16.8 Å². The summed E-state index contributed by atoms with van der Waals surface area (Å²) in [5, 5.41) is 18.9. The number of H-pyrrole nitrogens is 1. The second-order valence-electron chi connectivity index (χ2n) is 9.13. The number of carbonyl (C=O) groups is 1. The number of aryl methyl sites for hydroxylation is 2. The van der Waals surface area contributed by atoms with Crippen LogP contribution in [0, 0.1) is 6.92 Å². The molecular formula is C24H31N9O. The number of rotatable bonds is 7. The Morgan fingerprint density at radius 1 is 1.15 bits per heavy atom. The maximum Gasteiger partial charge on any atom is 0.248 e. The summed E-state index contributed by atoms with van der Waals surface area (Å²) in [6.45, 7) is 10.0. The fourth-order valence-corrected chi connectivity index (χ4v) is 4.90. The number of aromatic amines is 1. The first kappa shape index (κ1) is 22.3. The van der Waals surface area contributed by atoms with Gasteiger partial charge in [-0.25, -0.2) is 0 Å². The fourth-order valence-electron chi connectivity index (χ4n) is 4.90. The fraction of sp³-hybridized carbons (Fsp3) is 0.458. The first-order valence-electron chi connectivity index (χ1n) is 12.0. The molecule has 5 rings (SSSR count). The Morgan fingerprint density at radius 2 is 1.91 bits per heavy atom. The van der Waals surface area contributed by atoms with Gasteiger partial charge in [0.25, 0.3) is 0 Å². The van der Waals surface area contributed by atoms with E-state index in [0.717, 1.165) is 54.0 Å². The van der Waals surface area contributed by atoms with Gasteiger partial charge in [0.2, 0.25) is 5.91 Å². The molecule has 1 fully saturated rings. The molecule has 0 saturated carbocycles. The lowest BCUT2D eigenvalue weighted by molar-refractivity contribution is 0.100. The highest BCUT2D eigenvalue weighted by Crippen LogP contribution is 2.31. The van der Waals surface area contributed by atoms with E-state index in [1.54, 1.807) is 6.07 Å². The summed E-state index contributed by atoms with van der Waals surface area (Å²) in [6.07, 6.45) is 5.63. The number of benzene rings is 1. The molecule has 0 aliphatic carbocycles. The van der Waals surface area contributed by atoms with Crippen molar-refractivity contribution in [2.24, 2.45) is 5.73 Å². The van der Waals surface area contributed by atoms with E-state index in [4.69, 9.17) is 10.8 Å². The van der Waals surface area contributed by atoms with Crippen molar-refractivity contribution in [3.63, 3.8) is 0 Å². The molecule has 1 saturated heterocycles. The van der Waals surface area contributed by atoms with E-state index in [-0.39, 0.29) is 6.04 Å². The molecular weight excluding hydrogens is 430 g/mol. The van der Waals surface area contributed by atoms with Crippen LogP contribution in [0.15, 0.2) is 24.4 Å². The van der Waals surface area contributed by atoms with Gasteiger partial charge in [-0.15, -0.1) is 10.2 Å². The van der Waals surface area contributed by atoms with Crippen LogP contribution in [0.5, 0.6) is 0 Å². The van der Waals surface area contributed by atoms with Crippen LogP contribution in [0.3, 0.4) is 0 Å². The summed E-state index contributed by atoms with van der Waals surface area (Å²) in [6, 6.07) is 5.72. The number of nitrogens with one attached hydrogen (secondary N) is 1. The van der Waals surface area contributed by atoms with Gasteiger partial charge >= 0.3 is 0 Å². The number of hydrogen-bond donors (Lipinski definition) is 2. The lowest BCUT2D eigenvalue weighted by atomic mass is 10.0. The third-order valence-corrected chi connectivity index (χ3v) is 6.58. The topological polar surface area (TPSA) is 124 Å². The molecule has 0 spiro atoms. The summed E-state index contributed by atoms with van der Waals surface area (Å²) >= 11 is 0. The predicted octanol–water partition coefficient (Wildman–Crippen LogP) is 3.16. The molecule has 1 aliphatic heterocycles. The van der Waals surface area contributed by atoms with Gasteiger partial charge in [0.05, 0.1) is 23.4 Å². The first-order valence-corrected chi connectivity index (χ1v) is 12.0. The molecule has 4 aromatic rings. The number of nitrogens with two attached hydrogens (primary N) is 1. The van der Waals surface area contributed by atoms with Gasteiger partial charge in [0.15, 0.2) is 11.6 Å². The molecule has 4 heterocycles. The van der Waals surface area contributed by atoms with Crippen molar-refractivity contribution in [1.82, 2.24) is 39.6 Å². The van der Waals surface area contributed by atoms with Crippen LogP contribution < -0.4 is 5.73 Å². The Morgan fingerprint density at radius 3 is 2.65 bits per heavy atom. The van der Waals surface area contributed by atoms with Crippen molar-refractivity contribution in [2.45, 2.75) is 52.6 Å². The summed E-state index contributed by atoms with van der Waals surface area (Å²) in [4.78, 5) is 18.0. The van der Waals surface area contributed by atoms with Gasteiger partial charge in [-0.1, -0.05) is 6.42 Å². The van der Waals surface area contributed by atoms with Crippen LogP contribution in [-0.4, -0.2) is 65.2 Å². The molecule has 1 unspecified atom stereocenters. The Labute approximate surface area is 198 Å². The smallest absolute Gasteiger partial charge is 0.248 e. The van der Waals surface area contributed by atoms with Crippen LogP contribution in [0.2, 0.25) is 0 Å². The Balaban J connectivity index is 1.55. The highest BCUT2D eigenvalue weighted by atomic mass is 16.1. The molecule has 1 atom stereocenters. The number of primary amides is 1. The molecule has 178 valence electrons. The highest BCUT2D eigenvalue weighted by molar-refractivity contribution is 6.02. The van der Waals surface area contributed by atoms with E-state index < -0.39 is 5.91 Å². The molecule has 10 nitrogen and oxygen atoms in total. The standard InChI is InChI=1S/C24H31N9O/c1-4-32-21(10-15(2)30-32)24-27-23(28-29-24)18-11-17(22(25)34)12-20-19(18)13-26-33(20)16(3)14-31-8-6-5-7-9-31/h10-13,16H,4-9,14H2,1-3H3,(H2,25,34)(H,27,28,29). The van der Waals surface area contributed by atoms with Gasteiger partial charge in [0, 0.05) is 29.6 Å². The van der Waals surface area contributed by atoms with Crippen molar-refractivity contribution in [3.8, 4) is 22.9 Å². The van der Waals surface area contributed by atoms with Crippen LogP contribution in [0.25, 0.3) is 33.8 Å². The summed E-state index contributed by atoms with van der Waals surface area (Å²) in [5.74, 6) is 0.702. The second-order valence-corrected chi connectivity index (χ2v) is 9.13. The third-order valence-electron chi connectivity index (χ3n) is 6.58. The summed E-state index contributed by atoms with van der Waals surface area (Å²) in [5.41, 5.74) is 9.51. The number of carbonyl (C=O) groups excluding carboxylic acids is 1. The minimum atomic E-state index is -0.487. The summed E-state index contributed by atoms with van der Waals surface area (Å²) < 4.78 is 3.88. The van der Waals surface area contributed by atoms with Gasteiger partial charge in [-0.3, -0.25) is 14.2 Å². The van der Waals surface area contributed by atoms with Crippen LogP contribution in [0.1, 0.15) is 55.2 Å². The average molecular weight is 462 g/mol. The van der Waals surface area contributed by atoms with Gasteiger partial charge in [0.1, 0.15) is 5.69 Å². The molecule has 3 N–H and O–H groups in total. The normalized spacial score (nSPS) is 15.7. The maximum atomic E-state index is 12.2. The zero-order valence-electron chi connectivity index (χ0n) is 20.0. The number of likely N-dealkylation sites (tertiary alicyclic amines) is 1. The third kappa shape index (κ3) is 4.09. The summed E-state index contributed by atoms with van der Waals surface area (Å²) in [7, 11) is 0. The maximum absolute atomic E-state index is 12.2. The van der Waals surface area contributed by atoms with Gasteiger partial charge < -0.3 is 15.6 Å². The van der Waals surface area contributed by atoms with Crippen molar-refractivity contribution in [1.29, 1.82) is 0 Å². The minimum absolute atomic E-state index is 0.152. The van der Waals surface area contributed by atoms with Crippen molar-refractivity contribution < 1.29 is 4.79 Å². The molecule has 1 aliphatic rings.